The molecule has 1 saturated heterocycles. The standard InChI is InChI=1S/C16H21ClN2O3/c1-10-4-3-5-11(2)19(10)15(20)9-22-14-8-12(17)6-7-13(14)16(18)21/h6-8,10-11H,3-5,9H2,1-2H3,(H2,18,21)/t10-,11-/m1/s1. The van der Waals surface area contributed by atoms with Gasteiger partial charge in [0.25, 0.3) is 11.8 Å². The molecule has 1 fully saturated rings. The van der Waals surface area contributed by atoms with Gasteiger partial charge in [0, 0.05) is 17.1 Å². The maximum absolute atomic E-state index is 12.4. The fraction of sp³-hybridized carbons (Fsp3) is 0.500. The molecule has 1 heterocycles. The van der Waals surface area contributed by atoms with Gasteiger partial charge in [-0.05, 0) is 51.3 Å². The van der Waals surface area contributed by atoms with Crippen LogP contribution in [-0.4, -0.2) is 35.4 Å². The summed E-state index contributed by atoms with van der Waals surface area (Å²) in [5.74, 6) is -0.459. The van der Waals surface area contributed by atoms with Gasteiger partial charge >= 0.3 is 0 Å². The Morgan fingerprint density at radius 1 is 1.32 bits per heavy atom. The molecule has 22 heavy (non-hydrogen) atoms. The second-order valence-electron chi connectivity index (χ2n) is 5.72. The molecule has 120 valence electrons. The first-order chi connectivity index (χ1) is 10.4. The zero-order chi connectivity index (χ0) is 16.3. The number of hydrogen-bond donors (Lipinski definition) is 1. The predicted molar refractivity (Wildman–Crippen MR) is 85.1 cm³/mol. The first-order valence-corrected chi connectivity index (χ1v) is 7.81. The summed E-state index contributed by atoms with van der Waals surface area (Å²) in [5, 5.41) is 0.423. The lowest BCUT2D eigenvalue weighted by Crippen LogP contribution is -2.49. The van der Waals surface area contributed by atoms with E-state index in [0.29, 0.717) is 5.02 Å². The maximum Gasteiger partial charge on any atom is 0.260 e. The van der Waals surface area contributed by atoms with Crippen molar-refractivity contribution in [2.24, 2.45) is 5.73 Å². The number of amides is 2. The molecule has 2 atom stereocenters. The number of halogens is 1. The van der Waals surface area contributed by atoms with Gasteiger partial charge < -0.3 is 15.4 Å². The molecule has 5 nitrogen and oxygen atoms in total. The normalized spacial score (nSPS) is 21.5. The highest BCUT2D eigenvalue weighted by atomic mass is 35.5. The van der Waals surface area contributed by atoms with Crippen molar-refractivity contribution in [3.05, 3.63) is 28.8 Å². The first-order valence-electron chi connectivity index (χ1n) is 7.43. The summed E-state index contributed by atoms with van der Waals surface area (Å²) in [5.41, 5.74) is 5.52. The van der Waals surface area contributed by atoms with Gasteiger partial charge in [-0.25, -0.2) is 0 Å². The van der Waals surface area contributed by atoms with Crippen LogP contribution in [0.25, 0.3) is 0 Å². The van der Waals surface area contributed by atoms with Crippen molar-refractivity contribution >= 4 is 23.4 Å². The van der Waals surface area contributed by atoms with E-state index in [2.05, 4.69) is 0 Å². The number of hydrogen-bond acceptors (Lipinski definition) is 3. The molecule has 1 aliphatic rings. The third-order valence-electron chi connectivity index (χ3n) is 4.04. The van der Waals surface area contributed by atoms with E-state index in [9.17, 15) is 9.59 Å². The molecule has 0 bridgehead atoms. The number of nitrogens with two attached hydrogens (primary N) is 1. The number of carbonyl (C=O) groups excluding carboxylic acids is 2. The molecule has 2 amide bonds. The molecule has 6 heteroatoms. The van der Waals surface area contributed by atoms with Crippen LogP contribution in [0, 0.1) is 0 Å². The molecule has 1 aromatic carbocycles. The highest BCUT2D eigenvalue weighted by Crippen LogP contribution is 2.25. The third-order valence-corrected chi connectivity index (χ3v) is 4.28. The van der Waals surface area contributed by atoms with E-state index in [-0.39, 0.29) is 35.9 Å². The molecule has 0 unspecified atom stereocenters. The van der Waals surface area contributed by atoms with Gasteiger partial charge in [-0.1, -0.05) is 11.6 Å². The molecule has 1 aliphatic heterocycles. The van der Waals surface area contributed by atoms with Gasteiger partial charge in [-0.3, -0.25) is 9.59 Å². The van der Waals surface area contributed by atoms with Gasteiger partial charge in [0.2, 0.25) is 0 Å². The summed E-state index contributed by atoms with van der Waals surface area (Å²) < 4.78 is 5.51. The van der Waals surface area contributed by atoms with Crippen LogP contribution in [0.5, 0.6) is 5.75 Å². The zero-order valence-electron chi connectivity index (χ0n) is 12.8. The number of benzene rings is 1. The summed E-state index contributed by atoms with van der Waals surface area (Å²) in [6, 6.07) is 4.96. The van der Waals surface area contributed by atoms with Crippen LogP contribution in [0.1, 0.15) is 43.5 Å². The quantitative estimate of drug-likeness (QED) is 0.925. The Morgan fingerprint density at radius 3 is 2.55 bits per heavy atom. The largest absolute Gasteiger partial charge is 0.483 e. The number of primary amides is 1. The van der Waals surface area contributed by atoms with Gasteiger partial charge in [-0.2, -0.15) is 0 Å². The fourth-order valence-electron chi connectivity index (χ4n) is 2.95. The van der Waals surface area contributed by atoms with Gasteiger partial charge in [-0.15, -0.1) is 0 Å². The second kappa shape index (κ2) is 7.01. The van der Waals surface area contributed by atoms with Crippen molar-refractivity contribution in [2.75, 3.05) is 6.61 Å². The molecule has 0 aromatic heterocycles. The Hall–Kier alpha value is -1.75. The van der Waals surface area contributed by atoms with E-state index >= 15 is 0 Å². The van der Waals surface area contributed by atoms with Gasteiger partial charge in [0.15, 0.2) is 6.61 Å². The summed E-state index contributed by atoms with van der Waals surface area (Å²) in [7, 11) is 0. The number of ether oxygens (including phenoxy) is 1. The Bertz CT molecular complexity index is 567. The van der Waals surface area contributed by atoms with E-state index in [1.54, 1.807) is 6.07 Å². The van der Waals surface area contributed by atoms with Crippen LogP contribution >= 0.6 is 11.6 Å². The van der Waals surface area contributed by atoms with Crippen LogP contribution in [0.4, 0.5) is 0 Å². The number of likely N-dealkylation sites (tertiary alicyclic amines) is 1. The maximum atomic E-state index is 12.4. The van der Waals surface area contributed by atoms with E-state index in [0.717, 1.165) is 19.3 Å². The molecule has 0 saturated carbocycles. The lowest BCUT2D eigenvalue weighted by atomic mass is 9.97. The molecule has 1 aromatic rings. The zero-order valence-corrected chi connectivity index (χ0v) is 13.6. The van der Waals surface area contributed by atoms with Crippen molar-refractivity contribution < 1.29 is 14.3 Å². The minimum Gasteiger partial charge on any atom is -0.483 e. The minimum absolute atomic E-state index is 0.0879. The SMILES string of the molecule is C[C@@H]1CCC[C@@H](C)N1C(=O)COc1cc(Cl)ccc1C(N)=O. The average molecular weight is 325 g/mol. The number of nitrogens with zero attached hydrogens (tertiary/aromatic N) is 1. The second-order valence-corrected chi connectivity index (χ2v) is 6.16. The molecule has 0 radical (unpaired) electrons. The van der Waals surface area contributed by atoms with Crippen molar-refractivity contribution in [1.29, 1.82) is 0 Å². The van der Waals surface area contributed by atoms with Gasteiger partial charge in [0.05, 0.1) is 5.56 Å². The summed E-state index contributed by atoms with van der Waals surface area (Å²) in [6.45, 7) is 3.96. The lowest BCUT2D eigenvalue weighted by Gasteiger charge is -2.39. The molecule has 0 spiro atoms. The highest BCUT2D eigenvalue weighted by molar-refractivity contribution is 6.30. The lowest BCUT2D eigenvalue weighted by molar-refractivity contribution is -0.139. The topological polar surface area (TPSA) is 72.6 Å². The molecule has 2 N–H and O–H groups in total. The van der Waals surface area contributed by atoms with Crippen LogP contribution < -0.4 is 10.5 Å². The molecule has 2 rings (SSSR count). The monoisotopic (exact) mass is 324 g/mol. The Labute approximate surface area is 135 Å². The predicted octanol–water partition coefficient (Wildman–Crippen LogP) is 2.61. The number of carbonyl (C=O) groups is 2. The van der Waals surface area contributed by atoms with E-state index < -0.39 is 5.91 Å². The third kappa shape index (κ3) is 3.71. The first kappa shape index (κ1) is 16.6. The molecular weight excluding hydrogens is 304 g/mol. The van der Waals surface area contributed by atoms with Gasteiger partial charge in [0.1, 0.15) is 5.75 Å². The van der Waals surface area contributed by atoms with Crippen LogP contribution in [0.15, 0.2) is 18.2 Å². The smallest absolute Gasteiger partial charge is 0.260 e. The van der Waals surface area contributed by atoms with Crippen LogP contribution in [-0.2, 0) is 4.79 Å². The van der Waals surface area contributed by atoms with Crippen molar-refractivity contribution in [1.82, 2.24) is 4.90 Å². The summed E-state index contributed by atoms with van der Waals surface area (Å²) in [4.78, 5) is 25.7. The average Bonchev–Trinajstić information content (AvgIpc) is 2.44. The summed E-state index contributed by atoms with van der Waals surface area (Å²) in [6.07, 6.45) is 3.13. The van der Waals surface area contributed by atoms with Crippen molar-refractivity contribution in [2.45, 2.75) is 45.2 Å². The molecular formula is C16H21ClN2O3. The fourth-order valence-corrected chi connectivity index (χ4v) is 3.11. The van der Waals surface area contributed by atoms with E-state index in [1.165, 1.54) is 12.1 Å². The van der Waals surface area contributed by atoms with Crippen LogP contribution in [0.2, 0.25) is 5.02 Å². The highest BCUT2D eigenvalue weighted by Gasteiger charge is 2.29. The van der Waals surface area contributed by atoms with Crippen molar-refractivity contribution in [3.63, 3.8) is 0 Å². The van der Waals surface area contributed by atoms with Crippen LogP contribution in [0.3, 0.4) is 0 Å². The van der Waals surface area contributed by atoms with E-state index in [4.69, 9.17) is 22.1 Å². The Morgan fingerprint density at radius 2 is 1.95 bits per heavy atom. The Balaban J connectivity index is 2.08. The number of rotatable bonds is 4. The van der Waals surface area contributed by atoms with Crippen molar-refractivity contribution in [3.8, 4) is 5.75 Å². The Kier molecular flexibility index (Phi) is 5.29. The summed E-state index contributed by atoms with van der Waals surface area (Å²) >= 11 is 5.90. The van der Waals surface area contributed by atoms with E-state index in [1.807, 2.05) is 18.7 Å². The molecule has 0 aliphatic carbocycles. The number of piperidine rings is 1. The minimum atomic E-state index is -0.612.